The van der Waals surface area contributed by atoms with Gasteiger partial charge in [-0.05, 0) is 50.9 Å². The zero-order chi connectivity index (χ0) is 23.4. The first-order valence-corrected chi connectivity index (χ1v) is 10.9. The Morgan fingerprint density at radius 2 is 1.55 bits per heavy atom. The van der Waals surface area contributed by atoms with Crippen molar-refractivity contribution in [2.24, 2.45) is 17.7 Å². The lowest BCUT2D eigenvalue weighted by molar-refractivity contribution is -0.136. The maximum atomic E-state index is 12.0. The second kappa shape index (κ2) is 14.0. The van der Waals surface area contributed by atoms with E-state index >= 15 is 0 Å². The van der Waals surface area contributed by atoms with Crippen molar-refractivity contribution in [3.63, 3.8) is 0 Å². The molecular formula is C21H37N5O5. The maximum absolute atomic E-state index is 12.0. The predicted molar refractivity (Wildman–Crippen MR) is 116 cm³/mol. The number of hydrogen-bond acceptors (Lipinski definition) is 8. The molecule has 10 heteroatoms. The van der Waals surface area contributed by atoms with Crippen molar-refractivity contribution in [1.29, 1.82) is 0 Å². The molecule has 1 aliphatic rings. The Labute approximate surface area is 183 Å². The summed E-state index contributed by atoms with van der Waals surface area (Å²) in [4.78, 5) is 59.0. The standard InChI is InChI=1S/C21H37N5O5/c1-13(2)8-17(26-22)21(31)24-11-19(29)18(28)10-23-12-20(30)25-16-6-4-15(5-7-16)9-14(3)27/h13,15-17,23,26H,4-12,22H2,1-3H3,(H,24,31)(H,25,30)/t15?,16?,17-/m0/s1. The summed E-state index contributed by atoms with van der Waals surface area (Å²) in [5.41, 5.74) is 2.40. The smallest absolute Gasteiger partial charge is 0.238 e. The minimum absolute atomic E-state index is 0.0694. The van der Waals surface area contributed by atoms with E-state index in [0.717, 1.165) is 25.7 Å². The highest BCUT2D eigenvalue weighted by molar-refractivity contribution is 6.39. The molecule has 6 N–H and O–H groups in total. The Balaban J connectivity index is 2.22. The number of nitrogens with two attached hydrogens (primary N) is 1. The summed E-state index contributed by atoms with van der Waals surface area (Å²) in [6.07, 6.45) is 4.58. The average Bonchev–Trinajstić information content (AvgIpc) is 2.70. The Kier molecular flexibility index (Phi) is 12.1. The zero-order valence-electron chi connectivity index (χ0n) is 18.8. The third-order valence-electron chi connectivity index (χ3n) is 5.32. The molecule has 1 saturated carbocycles. The molecule has 0 unspecified atom stereocenters. The summed E-state index contributed by atoms with van der Waals surface area (Å²) in [5, 5.41) is 7.99. The number of amides is 2. The van der Waals surface area contributed by atoms with Crippen LogP contribution in [0.5, 0.6) is 0 Å². The van der Waals surface area contributed by atoms with Crippen LogP contribution in [0.15, 0.2) is 0 Å². The Hall–Kier alpha value is -2.17. The molecule has 0 bridgehead atoms. The van der Waals surface area contributed by atoms with Crippen molar-refractivity contribution >= 4 is 29.2 Å². The molecule has 1 atom stereocenters. The van der Waals surface area contributed by atoms with Crippen molar-refractivity contribution in [3.8, 4) is 0 Å². The molecule has 1 fully saturated rings. The van der Waals surface area contributed by atoms with Gasteiger partial charge in [0.15, 0.2) is 0 Å². The van der Waals surface area contributed by atoms with Gasteiger partial charge in [0, 0.05) is 12.5 Å². The third kappa shape index (κ3) is 11.1. The van der Waals surface area contributed by atoms with E-state index in [1.807, 2.05) is 13.8 Å². The topological polar surface area (TPSA) is 159 Å². The molecule has 31 heavy (non-hydrogen) atoms. The van der Waals surface area contributed by atoms with Gasteiger partial charge in [0.1, 0.15) is 5.78 Å². The van der Waals surface area contributed by atoms with Crippen LogP contribution < -0.4 is 27.2 Å². The van der Waals surface area contributed by atoms with Crippen LogP contribution in [0.3, 0.4) is 0 Å². The minimum atomic E-state index is -0.745. The van der Waals surface area contributed by atoms with Crippen molar-refractivity contribution in [3.05, 3.63) is 0 Å². The van der Waals surface area contributed by atoms with Gasteiger partial charge in [-0.25, -0.2) is 5.43 Å². The van der Waals surface area contributed by atoms with E-state index in [1.54, 1.807) is 6.92 Å². The molecule has 176 valence electrons. The van der Waals surface area contributed by atoms with Crippen LogP contribution in [0, 0.1) is 11.8 Å². The fraction of sp³-hybridized carbons (Fsp3) is 0.762. The molecule has 0 saturated heterocycles. The molecule has 1 rings (SSSR count). The normalized spacial score (nSPS) is 19.5. The summed E-state index contributed by atoms with van der Waals surface area (Å²) < 4.78 is 0. The lowest BCUT2D eigenvalue weighted by Crippen LogP contribution is -2.50. The molecule has 0 radical (unpaired) electrons. The van der Waals surface area contributed by atoms with E-state index in [1.165, 1.54) is 0 Å². The monoisotopic (exact) mass is 439 g/mol. The molecule has 0 aromatic carbocycles. The third-order valence-corrected chi connectivity index (χ3v) is 5.32. The summed E-state index contributed by atoms with van der Waals surface area (Å²) in [7, 11) is 0. The van der Waals surface area contributed by atoms with Crippen molar-refractivity contribution in [2.75, 3.05) is 19.6 Å². The van der Waals surface area contributed by atoms with E-state index in [9.17, 15) is 24.0 Å². The molecule has 0 aliphatic heterocycles. The van der Waals surface area contributed by atoms with E-state index in [4.69, 9.17) is 5.84 Å². The Morgan fingerprint density at radius 1 is 0.935 bits per heavy atom. The van der Waals surface area contributed by atoms with Gasteiger partial charge in [0.05, 0.1) is 25.7 Å². The van der Waals surface area contributed by atoms with E-state index < -0.39 is 30.1 Å². The number of carbonyl (C=O) groups is 5. The number of hydrazine groups is 1. The molecule has 0 spiro atoms. The second-order valence-corrected chi connectivity index (χ2v) is 8.71. The van der Waals surface area contributed by atoms with Crippen LogP contribution in [0.1, 0.15) is 59.3 Å². The summed E-state index contributed by atoms with van der Waals surface area (Å²) in [6, 6.07) is -0.567. The second-order valence-electron chi connectivity index (χ2n) is 8.71. The molecule has 1 aliphatic carbocycles. The molecular weight excluding hydrogens is 402 g/mol. The summed E-state index contributed by atoms with van der Waals surface area (Å²) in [6.45, 7) is 4.71. The lowest BCUT2D eigenvalue weighted by atomic mass is 9.83. The van der Waals surface area contributed by atoms with E-state index in [2.05, 4.69) is 21.4 Å². The Morgan fingerprint density at radius 3 is 2.10 bits per heavy atom. The highest BCUT2D eigenvalue weighted by atomic mass is 16.2. The molecule has 10 nitrogen and oxygen atoms in total. The first-order valence-electron chi connectivity index (χ1n) is 10.9. The predicted octanol–water partition coefficient (Wildman–Crippen LogP) is -0.637. The number of Topliss-reactive ketones (excluding diaryl/α,β-unsaturated/α-hetero) is 3. The van der Waals surface area contributed by atoms with Gasteiger partial charge in [-0.15, -0.1) is 0 Å². The quantitative estimate of drug-likeness (QED) is 0.136. The fourth-order valence-corrected chi connectivity index (χ4v) is 3.70. The SMILES string of the molecule is CC(=O)CC1CCC(NC(=O)CNCC(=O)C(=O)CNC(=O)[C@H](CC(C)C)NN)CC1. The van der Waals surface area contributed by atoms with Gasteiger partial charge in [-0.3, -0.25) is 25.0 Å². The maximum Gasteiger partial charge on any atom is 0.238 e. The Bertz CT molecular complexity index is 644. The van der Waals surface area contributed by atoms with Crippen molar-refractivity contribution in [1.82, 2.24) is 21.4 Å². The van der Waals surface area contributed by atoms with Gasteiger partial charge in [-0.2, -0.15) is 0 Å². The minimum Gasteiger partial charge on any atom is -0.352 e. The van der Waals surface area contributed by atoms with Crippen LogP contribution in [0.2, 0.25) is 0 Å². The van der Waals surface area contributed by atoms with Gasteiger partial charge in [0.25, 0.3) is 0 Å². The van der Waals surface area contributed by atoms with Crippen molar-refractivity contribution in [2.45, 2.75) is 71.4 Å². The van der Waals surface area contributed by atoms with Crippen LogP contribution in [-0.2, 0) is 24.0 Å². The highest BCUT2D eigenvalue weighted by Crippen LogP contribution is 2.26. The average molecular weight is 440 g/mol. The molecule has 0 aromatic heterocycles. The van der Waals surface area contributed by atoms with Crippen LogP contribution in [0.25, 0.3) is 0 Å². The number of rotatable bonds is 14. The van der Waals surface area contributed by atoms with Crippen molar-refractivity contribution < 1.29 is 24.0 Å². The summed E-state index contributed by atoms with van der Waals surface area (Å²) in [5.74, 6) is 4.04. The van der Waals surface area contributed by atoms with Crippen LogP contribution in [0.4, 0.5) is 0 Å². The van der Waals surface area contributed by atoms with Crippen LogP contribution >= 0.6 is 0 Å². The largest absolute Gasteiger partial charge is 0.352 e. The summed E-state index contributed by atoms with van der Waals surface area (Å²) >= 11 is 0. The molecule has 0 aromatic rings. The first-order chi connectivity index (χ1) is 14.6. The lowest BCUT2D eigenvalue weighted by Gasteiger charge is -2.28. The first kappa shape index (κ1) is 26.9. The fourth-order valence-electron chi connectivity index (χ4n) is 3.70. The number of hydrogen-bond donors (Lipinski definition) is 5. The molecule has 0 heterocycles. The van der Waals surface area contributed by atoms with Gasteiger partial charge >= 0.3 is 0 Å². The van der Waals surface area contributed by atoms with E-state index in [-0.39, 0.29) is 36.7 Å². The number of carbonyl (C=O) groups excluding carboxylic acids is 5. The van der Waals surface area contributed by atoms with E-state index in [0.29, 0.717) is 18.8 Å². The van der Waals surface area contributed by atoms with Gasteiger partial charge < -0.3 is 20.7 Å². The van der Waals surface area contributed by atoms with Crippen LogP contribution in [-0.4, -0.2) is 60.9 Å². The van der Waals surface area contributed by atoms with Gasteiger partial charge in [0.2, 0.25) is 23.4 Å². The zero-order valence-corrected chi connectivity index (χ0v) is 18.8. The number of nitrogens with one attached hydrogen (secondary N) is 4. The number of ketones is 3. The molecule has 2 amide bonds. The highest BCUT2D eigenvalue weighted by Gasteiger charge is 2.24. The van der Waals surface area contributed by atoms with Gasteiger partial charge in [-0.1, -0.05) is 13.8 Å².